The fraction of sp³-hybridized carbons (Fsp3) is 0.500. The van der Waals surface area contributed by atoms with Gasteiger partial charge in [-0.25, -0.2) is 4.79 Å². The highest BCUT2D eigenvalue weighted by atomic mass is 16.4. The van der Waals surface area contributed by atoms with Gasteiger partial charge < -0.3 is 10.0 Å². The lowest BCUT2D eigenvalue weighted by atomic mass is 9.85. The Morgan fingerprint density at radius 1 is 1.10 bits per heavy atom. The molecule has 4 nitrogen and oxygen atoms in total. The van der Waals surface area contributed by atoms with Gasteiger partial charge in [0, 0.05) is 13.1 Å². The predicted molar refractivity (Wildman–Crippen MR) is 76.9 cm³/mol. The van der Waals surface area contributed by atoms with Crippen molar-refractivity contribution in [1.29, 1.82) is 0 Å². The highest BCUT2D eigenvalue weighted by molar-refractivity contribution is 6.04. The number of likely N-dealkylation sites (tertiary alicyclic amines) is 1. The molecular formula is C16H21NO3. The molecule has 20 heavy (non-hydrogen) atoms. The molecule has 4 heteroatoms. The van der Waals surface area contributed by atoms with Crippen LogP contribution in [0, 0.1) is 5.41 Å². The number of nitrogens with zero attached hydrogens (tertiary/aromatic N) is 1. The molecule has 1 N–H and O–H groups in total. The van der Waals surface area contributed by atoms with Crippen LogP contribution in [0.2, 0.25) is 0 Å². The van der Waals surface area contributed by atoms with Crippen LogP contribution in [-0.2, 0) is 0 Å². The number of carboxylic acid groups (broad SMARTS) is 1. The van der Waals surface area contributed by atoms with Gasteiger partial charge in [0.2, 0.25) is 0 Å². The fourth-order valence-corrected chi connectivity index (χ4v) is 2.65. The quantitative estimate of drug-likeness (QED) is 0.902. The summed E-state index contributed by atoms with van der Waals surface area (Å²) in [4.78, 5) is 25.5. The molecule has 1 heterocycles. The van der Waals surface area contributed by atoms with E-state index in [0.29, 0.717) is 18.7 Å². The second kappa shape index (κ2) is 5.65. The molecule has 1 fully saturated rings. The van der Waals surface area contributed by atoms with Crippen molar-refractivity contribution in [2.24, 2.45) is 5.41 Å². The van der Waals surface area contributed by atoms with Crippen LogP contribution in [0.25, 0.3) is 0 Å². The Morgan fingerprint density at radius 3 is 2.40 bits per heavy atom. The van der Waals surface area contributed by atoms with E-state index in [1.807, 2.05) is 0 Å². The summed E-state index contributed by atoms with van der Waals surface area (Å²) >= 11 is 0. The summed E-state index contributed by atoms with van der Waals surface area (Å²) in [5.41, 5.74) is 0.627. The van der Waals surface area contributed by atoms with Gasteiger partial charge in [-0.2, -0.15) is 0 Å². The van der Waals surface area contributed by atoms with Crippen molar-refractivity contribution in [3.8, 4) is 0 Å². The number of aromatic carboxylic acids is 1. The Hall–Kier alpha value is -1.84. The molecule has 1 amide bonds. The second-order valence-electron chi connectivity index (χ2n) is 6.16. The number of carboxylic acids is 1. The van der Waals surface area contributed by atoms with Crippen LogP contribution in [0.15, 0.2) is 24.3 Å². The van der Waals surface area contributed by atoms with Crippen LogP contribution >= 0.6 is 0 Å². The van der Waals surface area contributed by atoms with Gasteiger partial charge >= 0.3 is 5.97 Å². The molecule has 1 aromatic rings. The van der Waals surface area contributed by atoms with E-state index in [1.54, 1.807) is 23.1 Å². The molecule has 1 aliphatic heterocycles. The number of carbonyl (C=O) groups is 2. The fourth-order valence-electron chi connectivity index (χ4n) is 2.65. The second-order valence-corrected chi connectivity index (χ2v) is 6.16. The molecular weight excluding hydrogens is 254 g/mol. The van der Waals surface area contributed by atoms with Gasteiger partial charge in [-0.3, -0.25) is 4.79 Å². The van der Waals surface area contributed by atoms with E-state index in [4.69, 9.17) is 0 Å². The number of hydrogen-bond acceptors (Lipinski definition) is 2. The summed E-state index contributed by atoms with van der Waals surface area (Å²) in [6, 6.07) is 6.44. The van der Waals surface area contributed by atoms with Gasteiger partial charge in [0.05, 0.1) is 11.1 Å². The van der Waals surface area contributed by atoms with Crippen molar-refractivity contribution in [2.75, 3.05) is 13.1 Å². The normalized spacial score (nSPS) is 18.4. The maximum absolute atomic E-state index is 12.6. The first-order valence-electron chi connectivity index (χ1n) is 7.02. The maximum atomic E-state index is 12.6. The van der Waals surface area contributed by atoms with E-state index in [9.17, 15) is 14.7 Å². The summed E-state index contributed by atoms with van der Waals surface area (Å²) in [5.74, 6) is -1.22. The van der Waals surface area contributed by atoms with E-state index < -0.39 is 5.97 Å². The summed E-state index contributed by atoms with van der Waals surface area (Å²) < 4.78 is 0. The van der Waals surface area contributed by atoms with Crippen LogP contribution < -0.4 is 0 Å². The number of rotatable bonds is 2. The summed E-state index contributed by atoms with van der Waals surface area (Å²) in [5, 5.41) is 9.18. The summed E-state index contributed by atoms with van der Waals surface area (Å²) in [6.45, 7) is 5.83. The lowest BCUT2D eigenvalue weighted by Crippen LogP contribution is -2.33. The predicted octanol–water partition coefficient (Wildman–Crippen LogP) is 3.04. The number of amides is 1. The summed E-state index contributed by atoms with van der Waals surface area (Å²) in [6.07, 6.45) is 3.01. The molecule has 1 aromatic carbocycles. The topological polar surface area (TPSA) is 57.6 Å². The van der Waals surface area contributed by atoms with Crippen LogP contribution in [0.3, 0.4) is 0 Å². The smallest absolute Gasteiger partial charge is 0.336 e. The minimum absolute atomic E-state index is 0.0843. The number of benzene rings is 1. The zero-order valence-corrected chi connectivity index (χ0v) is 12.1. The molecule has 1 aliphatic rings. The van der Waals surface area contributed by atoms with Crippen LogP contribution in [-0.4, -0.2) is 35.0 Å². The first-order valence-corrected chi connectivity index (χ1v) is 7.02. The first kappa shape index (κ1) is 14.6. The van der Waals surface area contributed by atoms with Crippen molar-refractivity contribution >= 4 is 11.9 Å². The average molecular weight is 275 g/mol. The van der Waals surface area contributed by atoms with Crippen molar-refractivity contribution in [1.82, 2.24) is 4.90 Å². The van der Waals surface area contributed by atoms with Crippen molar-refractivity contribution < 1.29 is 14.7 Å². The van der Waals surface area contributed by atoms with Crippen molar-refractivity contribution in [3.63, 3.8) is 0 Å². The van der Waals surface area contributed by atoms with Crippen molar-refractivity contribution in [3.05, 3.63) is 35.4 Å². The minimum atomic E-state index is -1.05. The lowest BCUT2D eigenvalue weighted by Gasteiger charge is -2.23. The van der Waals surface area contributed by atoms with E-state index in [0.717, 1.165) is 19.3 Å². The van der Waals surface area contributed by atoms with E-state index >= 15 is 0 Å². The first-order chi connectivity index (χ1) is 9.41. The highest BCUT2D eigenvalue weighted by Gasteiger charge is 2.27. The maximum Gasteiger partial charge on any atom is 0.336 e. The SMILES string of the molecule is CC1(C)CCCN(C(=O)c2ccccc2C(=O)O)CC1. The standard InChI is InChI=1S/C16H21NO3/c1-16(2)8-5-10-17(11-9-16)14(18)12-6-3-4-7-13(12)15(19)20/h3-4,6-7H,5,8-11H2,1-2H3,(H,19,20). The average Bonchev–Trinajstić information content (AvgIpc) is 2.59. The molecule has 1 saturated heterocycles. The third-order valence-electron chi connectivity index (χ3n) is 4.02. The van der Waals surface area contributed by atoms with Gasteiger partial charge in [0.25, 0.3) is 5.91 Å². The molecule has 0 atom stereocenters. The van der Waals surface area contributed by atoms with Gasteiger partial charge in [-0.15, -0.1) is 0 Å². The summed E-state index contributed by atoms with van der Waals surface area (Å²) in [7, 11) is 0. The largest absolute Gasteiger partial charge is 0.478 e. The molecule has 0 aliphatic carbocycles. The zero-order chi connectivity index (χ0) is 14.8. The van der Waals surface area contributed by atoms with E-state index in [1.165, 1.54) is 6.07 Å². The molecule has 0 radical (unpaired) electrons. The Kier molecular flexibility index (Phi) is 4.12. The zero-order valence-electron chi connectivity index (χ0n) is 12.1. The Balaban J connectivity index is 2.21. The van der Waals surface area contributed by atoms with Crippen LogP contribution in [0.1, 0.15) is 53.8 Å². The molecule has 0 bridgehead atoms. The third-order valence-corrected chi connectivity index (χ3v) is 4.02. The number of carbonyl (C=O) groups excluding carboxylic acids is 1. The monoisotopic (exact) mass is 275 g/mol. The molecule has 0 saturated carbocycles. The Morgan fingerprint density at radius 2 is 1.75 bits per heavy atom. The van der Waals surface area contributed by atoms with E-state index in [2.05, 4.69) is 13.8 Å². The Bertz CT molecular complexity index is 522. The third kappa shape index (κ3) is 3.18. The molecule has 0 spiro atoms. The highest BCUT2D eigenvalue weighted by Crippen LogP contribution is 2.30. The van der Waals surface area contributed by atoms with E-state index in [-0.39, 0.29) is 16.9 Å². The minimum Gasteiger partial charge on any atom is -0.478 e. The molecule has 108 valence electrons. The Labute approximate surface area is 119 Å². The number of hydrogen-bond donors (Lipinski definition) is 1. The molecule has 0 aromatic heterocycles. The molecule has 2 rings (SSSR count). The van der Waals surface area contributed by atoms with Crippen molar-refractivity contribution in [2.45, 2.75) is 33.1 Å². The van der Waals surface area contributed by atoms with Gasteiger partial charge in [0.15, 0.2) is 0 Å². The van der Waals surface area contributed by atoms with Gasteiger partial charge in [0.1, 0.15) is 0 Å². The molecule has 0 unspecified atom stereocenters. The van der Waals surface area contributed by atoms with Crippen LogP contribution in [0.5, 0.6) is 0 Å². The van der Waals surface area contributed by atoms with Gasteiger partial charge in [-0.1, -0.05) is 26.0 Å². The van der Waals surface area contributed by atoms with Crippen LogP contribution in [0.4, 0.5) is 0 Å². The lowest BCUT2D eigenvalue weighted by molar-refractivity contribution is 0.0675. The van der Waals surface area contributed by atoms with Gasteiger partial charge in [-0.05, 0) is 36.8 Å².